The molecule has 1 saturated carbocycles. The molecular formula is C14H29N3. The average Bonchev–Trinajstić information content (AvgIpc) is 2.98. The van der Waals surface area contributed by atoms with Crippen LogP contribution in [0.25, 0.3) is 0 Å². The topological polar surface area (TPSA) is 32.5 Å². The zero-order chi connectivity index (χ0) is 12.5. The van der Waals surface area contributed by atoms with Crippen molar-refractivity contribution in [3.63, 3.8) is 0 Å². The predicted octanol–water partition coefficient (Wildman–Crippen LogP) is 1.53. The Morgan fingerprint density at radius 2 is 1.65 bits per heavy atom. The second kappa shape index (κ2) is 4.87. The van der Waals surface area contributed by atoms with Crippen molar-refractivity contribution < 1.29 is 0 Å². The molecule has 0 aromatic rings. The number of rotatable bonds is 4. The molecule has 0 aromatic carbocycles. The van der Waals surface area contributed by atoms with Gasteiger partial charge >= 0.3 is 0 Å². The molecule has 0 bridgehead atoms. The SMILES string of the molecule is CC(C)(C)N1CCN(CC2(CCN)CC2)CC1. The summed E-state index contributed by atoms with van der Waals surface area (Å²) in [7, 11) is 0. The smallest absolute Gasteiger partial charge is 0.0126 e. The van der Waals surface area contributed by atoms with Crippen molar-refractivity contribution in [1.29, 1.82) is 0 Å². The van der Waals surface area contributed by atoms with E-state index in [4.69, 9.17) is 5.73 Å². The van der Waals surface area contributed by atoms with Gasteiger partial charge in [0.15, 0.2) is 0 Å². The van der Waals surface area contributed by atoms with Crippen LogP contribution in [-0.2, 0) is 0 Å². The van der Waals surface area contributed by atoms with E-state index >= 15 is 0 Å². The molecule has 1 aliphatic carbocycles. The maximum absolute atomic E-state index is 5.71. The first-order valence-electron chi connectivity index (χ1n) is 7.13. The standard InChI is InChI=1S/C14H29N3/c1-13(2,3)17-10-8-16(9-11-17)12-14(4-5-14)6-7-15/h4-12,15H2,1-3H3. The van der Waals surface area contributed by atoms with Crippen LogP contribution >= 0.6 is 0 Å². The van der Waals surface area contributed by atoms with Gasteiger partial charge < -0.3 is 10.6 Å². The Labute approximate surface area is 106 Å². The Morgan fingerprint density at radius 3 is 2.06 bits per heavy atom. The Hall–Kier alpha value is -0.120. The number of nitrogens with two attached hydrogens (primary N) is 1. The van der Waals surface area contributed by atoms with Crippen LogP contribution < -0.4 is 5.73 Å². The fourth-order valence-electron chi connectivity index (χ4n) is 3.02. The van der Waals surface area contributed by atoms with E-state index in [2.05, 4.69) is 30.6 Å². The van der Waals surface area contributed by atoms with E-state index < -0.39 is 0 Å². The fourth-order valence-corrected chi connectivity index (χ4v) is 3.02. The highest BCUT2D eigenvalue weighted by Gasteiger charge is 2.43. The molecule has 0 amide bonds. The van der Waals surface area contributed by atoms with E-state index in [-0.39, 0.29) is 0 Å². The molecule has 0 unspecified atom stereocenters. The summed E-state index contributed by atoms with van der Waals surface area (Å²) in [5.41, 5.74) is 6.66. The molecule has 3 nitrogen and oxygen atoms in total. The molecule has 1 heterocycles. The van der Waals surface area contributed by atoms with Crippen molar-refractivity contribution in [2.45, 2.75) is 45.6 Å². The van der Waals surface area contributed by atoms with E-state index in [1.54, 1.807) is 0 Å². The zero-order valence-corrected chi connectivity index (χ0v) is 11.8. The predicted molar refractivity (Wildman–Crippen MR) is 73.1 cm³/mol. The van der Waals surface area contributed by atoms with Crippen molar-refractivity contribution in [3.05, 3.63) is 0 Å². The molecule has 0 spiro atoms. The number of nitrogens with zero attached hydrogens (tertiary/aromatic N) is 2. The monoisotopic (exact) mass is 239 g/mol. The lowest BCUT2D eigenvalue weighted by Crippen LogP contribution is -2.54. The highest BCUT2D eigenvalue weighted by Crippen LogP contribution is 2.49. The van der Waals surface area contributed by atoms with Crippen molar-refractivity contribution in [3.8, 4) is 0 Å². The van der Waals surface area contributed by atoms with Gasteiger partial charge in [-0.25, -0.2) is 0 Å². The Kier molecular flexibility index (Phi) is 3.81. The maximum Gasteiger partial charge on any atom is 0.0126 e. The minimum Gasteiger partial charge on any atom is -0.330 e. The molecule has 0 radical (unpaired) electrons. The van der Waals surface area contributed by atoms with Crippen molar-refractivity contribution in [1.82, 2.24) is 9.80 Å². The second-order valence-electron chi connectivity index (χ2n) is 6.97. The van der Waals surface area contributed by atoms with Crippen LogP contribution in [0.1, 0.15) is 40.0 Å². The van der Waals surface area contributed by atoms with Crippen LogP contribution in [0.15, 0.2) is 0 Å². The summed E-state index contributed by atoms with van der Waals surface area (Å²) in [6, 6.07) is 0. The molecule has 2 aliphatic rings. The second-order valence-corrected chi connectivity index (χ2v) is 6.97. The molecule has 100 valence electrons. The summed E-state index contributed by atoms with van der Waals surface area (Å²) in [6.07, 6.45) is 4.04. The van der Waals surface area contributed by atoms with Gasteiger partial charge in [0.25, 0.3) is 0 Å². The van der Waals surface area contributed by atoms with Gasteiger partial charge in [0.1, 0.15) is 0 Å². The van der Waals surface area contributed by atoms with Gasteiger partial charge in [0.2, 0.25) is 0 Å². The third kappa shape index (κ3) is 3.43. The summed E-state index contributed by atoms with van der Waals surface area (Å²) in [4.78, 5) is 5.26. The first kappa shape index (κ1) is 13.3. The highest BCUT2D eigenvalue weighted by molar-refractivity contribution is 4.96. The van der Waals surface area contributed by atoms with Crippen molar-refractivity contribution >= 4 is 0 Å². The minimum absolute atomic E-state index is 0.334. The molecule has 2 rings (SSSR count). The Balaban J connectivity index is 1.76. The van der Waals surface area contributed by atoms with E-state index in [1.807, 2.05) is 0 Å². The van der Waals surface area contributed by atoms with Gasteiger partial charge in [-0.05, 0) is 52.0 Å². The van der Waals surface area contributed by atoms with Crippen LogP contribution in [0.3, 0.4) is 0 Å². The lowest BCUT2D eigenvalue weighted by Gasteiger charge is -2.43. The minimum atomic E-state index is 0.334. The molecule has 0 aromatic heterocycles. The molecular weight excluding hydrogens is 210 g/mol. The molecule has 0 atom stereocenters. The number of hydrogen-bond acceptors (Lipinski definition) is 3. The molecule has 1 saturated heterocycles. The largest absolute Gasteiger partial charge is 0.330 e. The molecule has 2 fully saturated rings. The highest BCUT2D eigenvalue weighted by atomic mass is 15.3. The van der Waals surface area contributed by atoms with Gasteiger partial charge in [-0.15, -0.1) is 0 Å². The van der Waals surface area contributed by atoms with E-state index in [0.717, 1.165) is 6.54 Å². The van der Waals surface area contributed by atoms with E-state index in [0.29, 0.717) is 11.0 Å². The molecule has 1 aliphatic heterocycles. The van der Waals surface area contributed by atoms with Crippen LogP contribution in [-0.4, -0.2) is 54.6 Å². The number of hydrogen-bond donors (Lipinski definition) is 1. The maximum atomic E-state index is 5.71. The van der Waals surface area contributed by atoms with Gasteiger partial charge in [0, 0.05) is 38.3 Å². The van der Waals surface area contributed by atoms with Crippen LogP contribution in [0.5, 0.6) is 0 Å². The van der Waals surface area contributed by atoms with Crippen LogP contribution in [0.2, 0.25) is 0 Å². The zero-order valence-electron chi connectivity index (χ0n) is 11.8. The van der Waals surface area contributed by atoms with Crippen LogP contribution in [0, 0.1) is 5.41 Å². The molecule has 3 heteroatoms. The fraction of sp³-hybridized carbons (Fsp3) is 1.00. The average molecular weight is 239 g/mol. The third-order valence-electron chi connectivity index (χ3n) is 4.51. The van der Waals surface area contributed by atoms with E-state index in [1.165, 1.54) is 52.0 Å². The van der Waals surface area contributed by atoms with Gasteiger partial charge in [-0.3, -0.25) is 4.90 Å². The summed E-state index contributed by atoms with van der Waals surface area (Å²) >= 11 is 0. The van der Waals surface area contributed by atoms with Crippen LogP contribution in [0.4, 0.5) is 0 Å². The van der Waals surface area contributed by atoms with E-state index in [9.17, 15) is 0 Å². The summed E-state index contributed by atoms with van der Waals surface area (Å²) in [5.74, 6) is 0. The Bertz CT molecular complexity index is 245. The van der Waals surface area contributed by atoms with Gasteiger partial charge in [-0.2, -0.15) is 0 Å². The van der Waals surface area contributed by atoms with Gasteiger partial charge in [-0.1, -0.05) is 0 Å². The Morgan fingerprint density at radius 1 is 1.06 bits per heavy atom. The quantitative estimate of drug-likeness (QED) is 0.807. The van der Waals surface area contributed by atoms with Gasteiger partial charge in [0.05, 0.1) is 0 Å². The normalized spacial score (nSPS) is 26.1. The summed E-state index contributed by atoms with van der Waals surface area (Å²) in [5, 5.41) is 0. The van der Waals surface area contributed by atoms with Crippen molar-refractivity contribution in [2.24, 2.45) is 11.1 Å². The summed E-state index contributed by atoms with van der Waals surface area (Å²) in [6.45, 7) is 14.0. The lowest BCUT2D eigenvalue weighted by molar-refractivity contribution is 0.0524. The number of piperazine rings is 1. The first-order chi connectivity index (χ1) is 7.95. The lowest BCUT2D eigenvalue weighted by atomic mass is 10.0. The van der Waals surface area contributed by atoms with Crippen molar-refractivity contribution in [2.75, 3.05) is 39.3 Å². The first-order valence-corrected chi connectivity index (χ1v) is 7.13. The third-order valence-corrected chi connectivity index (χ3v) is 4.51. The summed E-state index contributed by atoms with van der Waals surface area (Å²) < 4.78 is 0. The molecule has 17 heavy (non-hydrogen) atoms. The molecule has 2 N–H and O–H groups in total.